The van der Waals surface area contributed by atoms with Crippen LogP contribution in [0.2, 0.25) is 0 Å². The number of hydrogen-bond donors (Lipinski definition) is 1. The normalized spacial score (nSPS) is 32.2. The van der Waals surface area contributed by atoms with Crippen molar-refractivity contribution in [3.8, 4) is 0 Å². The number of amides is 1. The van der Waals surface area contributed by atoms with E-state index in [1.165, 1.54) is 5.75 Å². The Morgan fingerprint density at radius 3 is 2.82 bits per heavy atom. The third-order valence-electron chi connectivity index (χ3n) is 4.03. The molecular weight excluding hydrogens is 256 g/mol. The summed E-state index contributed by atoms with van der Waals surface area (Å²) in [4.78, 5) is 14.5. The van der Waals surface area contributed by atoms with E-state index in [9.17, 15) is 4.79 Å². The molecule has 0 saturated carbocycles. The first-order chi connectivity index (χ1) is 7.69. The van der Waals surface area contributed by atoms with E-state index in [-0.39, 0.29) is 17.9 Å². The molecule has 17 heavy (non-hydrogen) atoms. The van der Waals surface area contributed by atoms with E-state index in [2.05, 4.69) is 12.2 Å². The van der Waals surface area contributed by atoms with Gasteiger partial charge in [-0.15, -0.1) is 12.4 Å². The van der Waals surface area contributed by atoms with Gasteiger partial charge in [0, 0.05) is 18.8 Å². The molecule has 0 bridgehead atoms. The number of likely N-dealkylation sites (N-methyl/N-ethyl adjacent to an activating group) is 1. The van der Waals surface area contributed by atoms with Crippen molar-refractivity contribution < 1.29 is 4.79 Å². The summed E-state index contributed by atoms with van der Waals surface area (Å²) in [5, 5.41) is 3.43. The highest BCUT2D eigenvalue weighted by Gasteiger charge is 2.42. The first kappa shape index (κ1) is 15.1. The molecular formula is C12H23ClN2OS. The molecule has 2 aliphatic heterocycles. The lowest BCUT2D eigenvalue weighted by atomic mass is 9.92. The summed E-state index contributed by atoms with van der Waals surface area (Å²) in [6, 6.07) is 0.461. The van der Waals surface area contributed by atoms with Gasteiger partial charge in [-0.2, -0.15) is 11.8 Å². The molecule has 2 atom stereocenters. The van der Waals surface area contributed by atoms with Crippen LogP contribution in [-0.4, -0.2) is 47.5 Å². The van der Waals surface area contributed by atoms with Crippen molar-refractivity contribution in [1.29, 1.82) is 0 Å². The zero-order chi connectivity index (χ0) is 11.6. The monoisotopic (exact) mass is 278 g/mol. The molecule has 2 heterocycles. The number of nitrogens with one attached hydrogen (secondary N) is 1. The van der Waals surface area contributed by atoms with Crippen molar-refractivity contribution in [2.24, 2.45) is 0 Å². The maximum atomic E-state index is 12.5. The minimum Gasteiger partial charge on any atom is -0.340 e. The van der Waals surface area contributed by atoms with Gasteiger partial charge in [-0.25, -0.2) is 0 Å². The number of carbonyl (C=O) groups excluding carboxylic acids is 1. The fraction of sp³-hybridized carbons (Fsp3) is 0.917. The lowest BCUT2D eigenvalue weighted by Gasteiger charge is -2.34. The highest BCUT2D eigenvalue weighted by Crippen LogP contribution is 2.28. The van der Waals surface area contributed by atoms with E-state index in [0.29, 0.717) is 11.9 Å². The van der Waals surface area contributed by atoms with Crippen molar-refractivity contribution in [1.82, 2.24) is 10.2 Å². The van der Waals surface area contributed by atoms with Crippen LogP contribution in [0.3, 0.4) is 0 Å². The van der Waals surface area contributed by atoms with Gasteiger partial charge in [-0.05, 0) is 38.0 Å². The second-order valence-electron chi connectivity index (χ2n) is 4.90. The molecule has 1 amide bonds. The van der Waals surface area contributed by atoms with Crippen LogP contribution in [0.1, 0.15) is 32.6 Å². The number of halogens is 1. The summed E-state index contributed by atoms with van der Waals surface area (Å²) < 4.78 is 0. The van der Waals surface area contributed by atoms with Gasteiger partial charge >= 0.3 is 0 Å². The molecule has 0 aliphatic carbocycles. The van der Waals surface area contributed by atoms with E-state index in [1.54, 1.807) is 0 Å². The average Bonchev–Trinajstić information content (AvgIpc) is 2.98. The number of nitrogens with zero attached hydrogens (tertiary/aromatic N) is 1. The summed E-state index contributed by atoms with van der Waals surface area (Å²) in [6.07, 6.45) is 4.21. The predicted octanol–water partition coefficient (Wildman–Crippen LogP) is 1.90. The molecule has 2 saturated heterocycles. The van der Waals surface area contributed by atoms with Gasteiger partial charge in [-0.1, -0.05) is 6.92 Å². The number of thioether (sulfide) groups is 1. The van der Waals surface area contributed by atoms with E-state index in [1.807, 2.05) is 23.7 Å². The SMILES string of the molecule is CCC1(C(=O)N(C)C2CCSC2)CCCN1.Cl. The summed E-state index contributed by atoms with van der Waals surface area (Å²) in [5.74, 6) is 2.64. The van der Waals surface area contributed by atoms with E-state index < -0.39 is 0 Å². The smallest absolute Gasteiger partial charge is 0.242 e. The number of carbonyl (C=O) groups is 1. The first-order valence-corrected chi connectivity index (χ1v) is 7.45. The van der Waals surface area contributed by atoms with Gasteiger partial charge < -0.3 is 10.2 Å². The minimum absolute atomic E-state index is 0. The van der Waals surface area contributed by atoms with Crippen LogP contribution in [0.15, 0.2) is 0 Å². The quantitative estimate of drug-likeness (QED) is 0.856. The van der Waals surface area contributed by atoms with Gasteiger partial charge in [0.25, 0.3) is 0 Å². The standard InChI is InChI=1S/C12H22N2OS.ClH/c1-3-12(6-4-7-13-12)11(15)14(2)10-5-8-16-9-10;/h10,13H,3-9H2,1-2H3;1H. The van der Waals surface area contributed by atoms with Gasteiger partial charge in [0.05, 0.1) is 5.54 Å². The molecule has 1 N–H and O–H groups in total. The van der Waals surface area contributed by atoms with E-state index in [0.717, 1.165) is 38.0 Å². The third kappa shape index (κ3) is 2.91. The molecule has 3 nitrogen and oxygen atoms in total. The van der Waals surface area contributed by atoms with Crippen LogP contribution in [-0.2, 0) is 4.79 Å². The van der Waals surface area contributed by atoms with Crippen molar-refractivity contribution in [3.05, 3.63) is 0 Å². The van der Waals surface area contributed by atoms with Crippen LogP contribution in [0, 0.1) is 0 Å². The Labute approximate surface area is 114 Å². The summed E-state index contributed by atoms with van der Waals surface area (Å²) >= 11 is 1.96. The Kier molecular flexibility index (Phi) is 5.61. The number of hydrogen-bond acceptors (Lipinski definition) is 3. The third-order valence-corrected chi connectivity index (χ3v) is 5.18. The topological polar surface area (TPSA) is 32.3 Å². The predicted molar refractivity (Wildman–Crippen MR) is 76.0 cm³/mol. The lowest BCUT2D eigenvalue weighted by Crippen LogP contribution is -2.55. The Morgan fingerprint density at radius 2 is 2.35 bits per heavy atom. The highest BCUT2D eigenvalue weighted by molar-refractivity contribution is 7.99. The Bertz CT molecular complexity index is 263. The van der Waals surface area contributed by atoms with E-state index >= 15 is 0 Å². The summed E-state index contributed by atoms with van der Waals surface area (Å²) in [5.41, 5.74) is -0.248. The lowest BCUT2D eigenvalue weighted by molar-refractivity contribution is -0.138. The molecule has 0 spiro atoms. The van der Waals surface area contributed by atoms with Gasteiger partial charge in [0.1, 0.15) is 0 Å². The molecule has 5 heteroatoms. The largest absolute Gasteiger partial charge is 0.340 e. The highest BCUT2D eigenvalue weighted by atomic mass is 35.5. The molecule has 0 radical (unpaired) electrons. The second kappa shape index (κ2) is 6.30. The Hall–Kier alpha value is 0.0700. The molecule has 0 aromatic heterocycles. The fourth-order valence-electron chi connectivity index (χ4n) is 2.77. The van der Waals surface area contributed by atoms with Gasteiger partial charge in [0.2, 0.25) is 5.91 Å². The van der Waals surface area contributed by atoms with Crippen molar-refractivity contribution in [2.45, 2.75) is 44.2 Å². The van der Waals surface area contributed by atoms with Crippen LogP contribution >= 0.6 is 24.2 Å². The minimum atomic E-state index is -0.248. The van der Waals surface area contributed by atoms with Gasteiger partial charge in [0.15, 0.2) is 0 Å². The van der Waals surface area contributed by atoms with Crippen molar-refractivity contribution in [3.63, 3.8) is 0 Å². The summed E-state index contributed by atoms with van der Waals surface area (Å²) in [7, 11) is 1.98. The van der Waals surface area contributed by atoms with Crippen LogP contribution in [0.5, 0.6) is 0 Å². The zero-order valence-electron chi connectivity index (χ0n) is 10.7. The fourth-order valence-corrected chi connectivity index (χ4v) is 4.04. The molecule has 2 fully saturated rings. The van der Waals surface area contributed by atoms with Crippen molar-refractivity contribution in [2.75, 3.05) is 25.1 Å². The molecule has 2 unspecified atom stereocenters. The molecule has 0 aromatic rings. The van der Waals surface area contributed by atoms with Crippen LogP contribution < -0.4 is 5.32 Å². The second-order valence-corrected chi connectivity index (χ2v) is 6.05. The molecule has 2 rings (SSSR count). The van der Waals surface area contributed by atoms with Crippen LogP contribution in [0.25, 0.3) is 0 Å². The zero-order valence-corrected chi connectivity index (χ0v) is 12.3. The Morgan fingerprint density at radius 1 is 1.59 bits per heavy atom. The molecule has 100 valence electrons. The maximum Gasteiger partial charge on any atom is 0.242 e. The first-order valence-electron chi connectivity index (χ1n) is 6.29. The van der Waals surface area contributed by atoms with Crippen molar-refractivity contribution >= 4 is 30.1 Å². The van der Waals surface area contributed by atoms with Gasteiger partial charge in [-0.3, -0.25) is 4.79 Å². The average molecular weight is 279 g/mol. The summed E-state index contributed by atoms with van der Waals surface area (Å²) in [6.45, 7) is 3.11. The number of rotatable bonds is 3. The van der Waals surface area contributed by atoms with E-state index in [4.69, 9.17) is 0 Å². The van der Waals surface area contributed by atoms with Crippen LogP contribution in [0.4, 0.5) is 0 Å². The molecule has 0 aromatic carbocycles. The maximum absolute atomic E-state index is 12.5. The molecule has 2 aliphatic rings. The Balaban J connectivity index is 0.00000144.